The molecule has 1 aromatic carbocycles. The molecule has 1 N–H and O–H groups in total. The van der Waals surface area contributed by atoms with Crippen LogP contribution in [0.2, 0.25) is 0 Å². The van der Waals surface area contributed by atoms with Crippen molar-refractivity contribution in [1.29, 1.82) is 0 Å². The molecule has 1 fully saturated rings. The fourth-order valence-corrected chi connectivity index (χ4v) is 3.75. The van der Waals surface area contributed by atoms with E-state index in [-0.39, 0.29) is 5.91 Å². The predicted octanol–water partition coefficient (Wildman–Crippen LogP) is 4.10. The molecule has 134 valence electrons. The minimum atomic E-state index is 0.215. The lowest BCUT2D eigenvalue weighted by Gasteiger charge is -2.27. The Kier molecular flexibility index (Phi) is 5.68. The molecule has 1 unspecified atom stereocenters. The Morgan fingerprint density at radius 2 is 2.20 bits per heavy atom. The van der Waals surface area contributed by atoms with Crippen LogP contribution in [-0.2, 0) is 11.3 Å². The summed E-state index contributed by atoms with van der Waals surface area (Å²) in [6.45, 7) is 5.65. The quantitative estimate of drug-likeness (QED) is 0.837. The molecule has 1 aromatic heterocycles. The van der Waals surface area contributed by atoms with E-state index < -0.39 is 0 Å². The maximum absolute atomic E-state index is 12.7. The number of nitrogens with one attached hydrogen (secondary N) is 1. The number of aromatic nitrogens is 3. The number of benzene rings is 1. The first-order valence-electron chi connectivity index (χ1n) is 9.08. The molecule has 2 heterocycles. The molecular weight excluding hydrogens is 332 g/mol. The number of aryl methyl sites for hydroxylation is 1. The van der Waals surface area contributed by atoms with Gasteiger partial charge in [-0.3, -0.25) is 14.5 Å². The topological polar surface area (TPSA) is 53.9 Å². The summed E-state index contributed by atoms with van der Waals surface area (Å²) in [5.74, 6) is 1.01. The number of nitrogens with zero attached hydrogens (tertiary/aromatic N) is 3. The van der Waals surface area contributed by atoms with Gasteiger partial charge in [0.15, 0.2) is 10.6 Å². The van der Waals surface area contributed by atoms with E-state index in [0.717, 1.165) is 30.8 Å². The van der Waals surface area contributed by atoms with Gasteiger partial charge in [-0.15, -0.1) is 0 Å². The SMILES string of the molecule is Cc1cccc(-c2n[nH]c(=S)n2CCC(=O)N2CCCCCC2C)c1. The van der Waals surface area contributed by atoms with E-state index in [4.69, 9.17) is 12.2 Å². The number of carbonyl (C=O) groups excluding carboxylic acids is 1. The Hall–Kier alpha value is -1.95. The fraction of sp³-hybridized carbons (Fsp3) is 0.526. The number of rotatable bonds is 4. The van der Waals surface area contributed by atoms with Gasteiger partial charge >= 0.3 is 0 Å². The summed E-state index contributed by atoms with van der Waals surface area (Å²) in [6.07, 6.45) is 5.10. The van der Waals surface area contributed by atoms with Crippen LogP contribution >= 0.6 is 12.2 Å². The van der Waals surface area contributed by atoms with Crippen molar-refractivity contribution in [1.82, 2.24) is 19.7 Å². The molecule has 1 amide bonds. The van der Waals surface area contributed by atoms with Gasteiger partial charge in [0.25, 0.3) is 0 Å². The highest BCUT2D eigenvalue weighted by Gasteiger charge is 2.22. The lowest BCUT2D eigenvalue weighted by atomic mass is 10.1. The van der Waals surface area contributed by atoms with E-state index in [1.54, 1.807) is 0 Å². The second-order valence-electron chi connectivity index (χ2n) is 6.91. The maximum Gasteiger partial charge on any atom is 0.224 e. The van der Waals surface area contributed by atoms with Gasteiger partial charge in [0.05, 0.1) is 0 Å². The van der Waals surface area contributed by atoms with Gasteiger partial charge < -0.3 is 4.90 Å². The van der Waals surface area contributed by atoms with Crippen LogP contribution in [0.3, 0.4) is 0 Å². The van der Waals surface area contributed by atoms with Gasteiger partial charge in [-0.2, -0.15) is 5.10 Å². The Morgan fingerprint density at radius 3 is 3.00 bits per heavy atom. The normalized spacial score (nSPS) is 18.2. The fourth-order valence-electron chi connectivity index (χ4n) is 3.53. The molecule has 3 rings (SSSR count). The lowest BCUT2D eigenvalue weighted by molar-refractivity contribution is -0.133. The van der Waals surface area contributed by atoms with E-state index in [9.17, 15) is 4.79 Å². The molecule has 1 aliphatic rings. The Morgan fingerprint density at radius 1 is 1.36 bits per heavy atom. The average Bonchev–Trinajstić information content (AvgIpc) is 2.81. The second-order valence-corrected chi connectivity index (χ2v) is 7.30. The monoisotopic (exact) mass is 358 g/mol. The Balaban J connectivity index is 1.74. The highest BCUT2D eigenvalue weighted by molar-refractivity contribution is 7.71. The van der Waals surface area contributed by atoms with Crippen LogP contribution in [0.15, 0.2) is 24.3 Å². The minimum absolute atomic E-state index is 0.215. The molecule has 6 heteroatoms. The lowest BCUT2D eigenvalue weighted by Crippen LogP contribution is -2.38. The van der Waals surface area contributed by atoms with Gasteiger partial charge in [-0.25, -0.2) is 0 Å². The largest absolute Gasteiger partial charge is 0.340 e. The van der Waals surface area contributed by atoms with E-state index in [2.05, 4.69) is 36.2 Å². The van der Waals surface area contributed by atoms with Crippen molar-refractivity contribution in [3.05, 3.63) is 34.6 Å². The van der Waals surface area contributed by atoms with E-state index in [1.165, 1.54) is 18.4 Å². The zero-order valence-corrected chi connectivity index (χ0v) is 15.8. The van der Waals surface area contributed by atoms with Crippen LogP contribution < -0.4 is 0 Å². The summed E-state index contributed by atoms with van der Waals surface area (Å²) in [5, 5.41) is 7.24. The molecule has 0 aliphatic carbocycles. The number of hydrogen-bond donors (Lipinski definition) is 1. The van der Waals surface area contributed by atoms with Crippen molar-refractivity contribution in [3.63, 3.8) is 0 Å². The first kappa shape index (κ1) is 17.9. The van der Waals surface area contributed by atoms with Crippen LogP contribution in [-0.4, -0.2) is 38.2 Å². The summed E-state index contributed by atoms with van der Waals surface area (Å²) in [4.78, 5) is 14.8. The third-order valence-corrected chi connectivity index (χ3v) is 5.27. The molecule has 1 saturated heterocycles. The number of likely N-dealkylation sites (tertiary alicyclic amines) is 1. The standard InChI is InChI=1S/C19H26N4OS/c1-14-7-6-9-16(13-14)18-20-21-19(25)23(18)12-10-17(24)22-11-5-3-4-8-15(22)2/h6-7,9,13,15H,3-5,8,10-12H2,1-2H3,(H,21,25). The van der Waals surface area contributed by atoms with Crippen LogP contribution in [0.4, 0.5) is 0 Å². The smallest absolute Gasteiger partial charge is 0.224 e. The van der Waals surface area contributed by atoms with Crippen molar-refractivity contribution in [2.45, 2.75) is 58.5 Å². The molecule has 1 aliphatic heterocycles. The Bertz CT molecular complexity index is 795. The number of carbonyl (C=O) groups is 1. The number of amides is 1. The number of H-pyrrole nitrogens is 1. The molecule has 0 radical (unpaired) electrons. The van der Waals surface area contributed by atoms with Crippen molar-refractivity contribution in [3.8, 4) is 11.4 Å². The zero-order chi connectivity index (χ0) is 17.8. The molecule has 25 heavy (non-hydrogen) atoms. The highest BCUT2D eigenvalue weighted by Crippen LogP contribution is 2.20. The Labute approximate surface area is 154 Å². The molecule has 2 aromatic rings. The van der Waals surface area contributed by atoms with E-state index in [0.29, 0.717) is 23.8 Å². The minimum Gasteiger partial charge on any atom is -0.340 e. The molecule has 5 nitrogen and oxygen atoms in total. The van der Waals surface area contributed by atoms with Gasteiger partial charge in [-0.05, 0) is 45.0 Å². The molecular formula is C19H26N4OS. The van der Waals surface area contributed by atoms with E-state index in [1.807, 2.05) is 21.6 Å². The summed E-state index contributed by atoms with van der Waals surface area (Å²) in [7, 11) is 0. The maximum atomic E-state index is 12.7. The number of hydrogen-bond acceptors (Lipinski definition) is 3. The van der Waals surface area contributed by atoms with Crippen molar-refractivity contribution >= 4 is 18.1 Å². The summed E-state index contributed by atoms with van der Waals surface area (Å²) >= 11 is 5.38. The summed E-state index contributed by atoms with van der Waals surface area (Å²) < 4.78 is 2.50. The first-order valence-corrected chi connectivity index (χ1v) is 9.49. The van der Waals surface area contributed by atoms with Crippen LogP contribution in [0.5, 0.6) is 0 Å². The van der Waals surface area contributed by atoms with Gasteiger partial charge in [0.2, 0.25) is 5.91 Å². The van der Waals surface area contributed by atoms with Crippen molar-refractivity contribution < 1.29 is 4.79 Å². The molecule has 0 bridgehead atoms. The third kappa shape index (κ3) is 4.18. The van der Waals surface area contributed by atoms with Gasteiger partial charge in [0, 0.05) is 31.1 Å². The average molecular weight is 359 g/mol. The predicted molar refractivity (Wildman–Crippen MR) is 102 cm³/mol. The van der Waals surface area contributed by atoms with Gasteiger partial charge in [-0.1, -0.05) is 36.6 Å². The second kappa shape index (κ2) is 7.95. The van der Waals surface area contributed by atoms with E-state index >= 15 is 0 Å². The van der Waals surface area contributed by atoms with Crippen LogP contribution in [0, 0.1) is 11.7 Å². The molecule has 1 atom stereocenters. The summed E-state index contributed by atoms with van der Waals surface area (Å²) in [6, 6.07) is 8.51. The third-order valence-electron chi connectivity index (χ3n) is 4.96. The number of aromatic amines is 1. The zero-order valence-electron chi connectivity index (χ0n) is 15.0. The molecule has 0 saturated carbocycles. The van der Waals surface area contributed by atoms with Crippen LogP contribution in [0.1, 0.15) is 44.6 Å². The van der Waals surface area contributed by atoms with Crippen molar-refractivity contribution in [2.75, 3.05) is 6.54 Å². The summed E-state index contributed by atoms with van der Waals surface area (Å²) in [5.41, 5.74) is 2.19. The first-order chi connectivity index (χ1) is 12.1. The molecule has 0 spiro atoms. The van der Waals surface area contributed by atoms with Crippen molar-refractivity contribution in [2.24, 2.45) is 0 Å². The van der Waals surface area contributed by atoms with Crippen LogP contribution in [0.25, 0.3) is 11.4 Å². The van der Waals surface area contributed by atoms with Gasteiger partial charge in [0.1, 0.15) is 0 Å². The highest BCUT2D eigenvalue weighted by atomic mass is 32.1.